The summed E-state index contributed by atoms with van der Waals surface area (Å²) >= 11 is 7.63. The first-order valence-electron chi connectivity index (χ1n) is 8.33. The molecule has 2 aromatic rings. The largest absolute Gasteiger partial charge is 0.492 e. The summed E-state index contributed by atoms with van der Waals surface area (Å²) in [5.74, 6) is 0.841. The van der Waals surface area contributed by atoms with Crippen molar-refractivity contribution in [3.63, 3.8) is 0 Å². The van der Waals surface area contributed by atoms with Gasteiger partial charge >= 0.3 is 0 Å². The Morgan fingerprint density at radius 2 is 2.00 bits per heavy atom. The average Bonchev–Trinajstić information content (AvgIpc) is 3.06. The molecule has 1 fully saturated rings. The van der Waals surface area contributed by atoms with Crippen molar-refractivity contribution in [3.05, 3.63) is 34.3 Å². The molecule has 1 aromatic carbocycles. The SMILES string of the molecule is Cc1nnc(N2CCN(C(=O)CCCOc3ccccc3Cl)CC2)s1. The van der Waals surface area contributed by atoms with Crippen LogP contribution in [0, 0.1) is 6.92 Å². The third kappa shape index (κ3) is 4.83. The van der Waals surface area contributed by atoms with Gasteiger partial charge in [0.2, 0.25) is 11.0 Å². The third-order valence-electron chi connectivity index (χ3n) is 4.05. The van der Waals surface area contributed by atoms with Crippen LogP contribution in [0.1, 0.15) is 17.8 Å². The van der Waals surface area contributed by atoms with Crippen LogP contribution in [0.5, 0.6) is 5.75 Å². The lowest BCUT2D eigenvalue weighted by Crippen LogP contribution is -2.48. The Kier molecular flexibility index (Phi) is 6.09. The topological polar surface area (TPSA) is 58.6 Å². The molecular weight excluding hydrogens is 360 g/mol. The number of halogens is 1. The summed E-state index contributed by atoms with van der Waals surface area (Å²) < 4.78 is 5.63. The van der Waals surface area contributed by atoms with Gasteiger partial charge < -0.3 is 14.5 Å². The van der Waals surface area contributed by atoms with E-state index in [9.17, 15) is 4.79 Å². The molecule has 0 unspecified atom stereocenters. The first-order valence-corrected chi connectivity index (χ1v) is 9.53. The second kappa shape index (κ2) is 8.49. The van der Waals surface area contributed by atoms with Crippen molar-refractivity contribution in [2.24, 2.45) is 0 Å². The maximum atomic E-state index is 12.3. The van der Waals surface area contributed by atoms with E-state index in [1.807, 2.05) is 30.0 Å². The predicted octanol–water partition coefficient (Wildman–Crippen LogP) is 3.01. The first kappa shape index (κ1) is 17.9. The van der Waals surface area contributed by atoms with Gasteiger partial charge in [0.15, 0.2) is 0 Å². The molecule has 3 rings (SSSR count). The maximum Gasteiger partial charge on any atom is 0.222 e. The predicted molar refractivity (Wildman–Crippen MR) is 99.6 cm³/mol. The lowest BCUT2D eigenvalue weighted by molar-refractivity contribution is -0.131. The molecule has 134 valence electrons. The Bertz CT molecular complexity index is 716. The van der Waals surface area contributed by atoms with Gasteiger partial charge in [-0.05, 0) is 25.5 Å². The minimum Gasteiger partial charge on any atom is -0.492 e. The fourth-order valence-corrected chi connectivity index (χ4v) is 3.62. The number of carbonyl (C=O) groups excluding carboxylic acids is 1. The highest BCUT2D eigenvalue weighted by Crippen LogP contribution is 2.23. The number of rotatable bonds is 6. The highest BCUT2D eigenvalue weighted by molar-refractivity contribution is 7.15. The highest BCUT2D eigenvalue weighted by Gasteiger charge is 2.22. The molecule has 1 aliphatic rings. The zero-order valence-electron chi connectivity index (χ0n) is 14.2. The van der Waals surface area contributed by atoms with Gasteiger partial charge in [-0.3, -0.25) is 4.79 Å². The number of anilines is 1. The number of piperazine rings is 1. The molecule has 0 atom stereocenters. The number of aryl methyl sites for hydroxylation is 1. The molecule has 1 amide bonds. The number of amides is 1. The number of carbonyl (C=O) groups is 1. The van der Waals surface area contributed by atoms with E-state index in [1.165, 1.54) is 0 Å². The van der Waals surface area contributed by atoms with Crippen LogP contribution in [0.3, 0.4) is 0 Å². The maximum absolute atomic E-state index is 12.3. The molecule has 8 heteroatoms. The Balaban J connectivity index is 1.37. The molecule has 0 saturated carbocycles. The van der Waals surface area contributed by atoms with Crippen molar-refractivity contribution in [2.75, 3.05) is 37.7 Å². The van der Waals surface area contributed by atoms with Gasteiger partial charge in [0.1, 0.15) is 10.8 Å². The summed E-state index contributed by atoms with van der Waals surface area (Å²) in [5, 5.41) is 10.7. The molecule has 1 saturated heterocycles. The Morgan fingerprint density at radius 3 is 2.68 bits per heavy atom. The normalized spacial score (nSPS) is 14.6. The number of nitrogens with zero attached hydrogens (tertiary/aromatic N) is 4. The minimum atomic E-state index is 0.177. The number of para-hydroxylation sites is 1. The van der Waals surface area contributed by atoms with Gasteiger partial charge in [0.25, 0.3) is 0 Å². The smallest absolute Gasteiger partial charge is 0.222 e. The quantitative estimate of drug-likeness (QED) is 0.721. The van der Waals surface area contributed by atoms with E-state index >= 15 is 0 Å². The lowest BCUT2D eigenvalue weighted by atomic mass is 10.2. The van der Waals surface area contributed by atoms with E-state index in [4.69, 9.17) is 16.3 Å². The van der Waals surface area contributed by atoms with Crippen LogP contribution in [-0.4, -0.2) is 53.8 Å². The van der Waals surface area contributed by atoms with Crippen molar-refractivity contribution >= 4 is 34.0 Å². The lowest BCUT2D eigenvalue weighted by Gasteiger charge is -2.34. The molecular formula is C17H21ClN4O2S. The minimum absolute atomic E-state index is 0.177. The van der Waals surface area contributed by atoms with Gasteiger partial charge in [-0.2, -0.15) is 0 Å². The summed E-state index contributed by atoms with van der Waals surface area (Å²) in [6, 6.07) is 7.37. The number of ether oxygens (including phenoxy) is 1. The summed E-state index contributed by atoms with van der Waals surface area (Å²) in [5.41, 5.74) is 0. The van der Waals surface area contributed by atoms with Crippen molar-refractivity contribution < 1.29 is 9.53 Å². The van der Waals surface area contributed by atoms with E-state index in [0.29, 0.717) is 30.2 Å². The molecule has 1 aromatic heterocycles. The monoisotopic (exact) mass is 380 g/mol. The van der Waals surface area contributed by atoms with Crippen molar-refractivity contribution in [3.8, 4) is 5.75 Å². The summed E-state index contributed by atoms with van der Waals surface area (Å²) in [6.07, 6.45) is 1.17. The summed E-state index contributed by atoms with van der Waals surface area (Å²) in [6.45, 7) is 5.49. The molecule has 25 heavy (non-hydrogen) atoms. The van der Waals surface area contributed by atoms with Gasteiger partial charge in [0, 0.05) is 32.6 Å². The zero-order valence-corrected chi connectivity index (χ0v) is 15.7. The van der Waals surface area contributed by atoms with Crippen LogP contribution in [-0.2, 0) is 4.79 Å². The molecule has 1 aliphatic heterocycles. The second-order valence-corrected chi connectivity index (χ2v) is 7.42. The fraction of sp³-hybridized carbons (Fsp3) is 0.471. The second-order valence-electron chi connectivity index (χ2n) is 5.85. The summed E-state index contributed by atoms with van der Waals surface area (Å²) in [4.78, 5) is 16.4. The van der Waals surface area contributed by atoms with E-state index in [1.54, 1.807) is 17.4 Å². The van der Waals surface area contributed by atoms with Crippen LogP contribution in [0.2, 0.25) is 5.02 Å². The van der Waals surface area contributed by atoms with Crippen molar-refractivity contribution in [2.45, 2.75) is 19.8 Å². The number of hydrogen-bond donors (Lipinski definition) is 0. The molecule has 0 spiro atoms. The van der Waals surface area contributed by atoms with Crippen LogP contribution >= 0.6 is 22.9 Å². The van der Waals surface area contributed by atoms with Gasteiger partial charge in [-0.25, -0.2) is 0 Å². The number of hydrogen-bond acceptors (Lipinski definition) is 6. The molecule has 0 bridgehead atoms. The van der Waals surface area contributed by atoms with Crippen LogP contribution in [0.25, 0.3) is 0 Å². The molecule has 6 nitrogen and oxygen atoms in total. The van der Waals surface area contributed by atoms with E-state index in [2.05, 4.69) is 15.1 Å². The van der Waals surface area contributed by atoms with E-state index < -0.39 is 0 Å². The van der Waals surface area contributed by atoms with E-state index in [-0.39, 0.29) is 5.91 Å². The van der Waals surface area contributed by atoms with Gasteiger partial charge in [0.05, 0.1) is 11.6 Å². The third-order valence-corrected chi connectivity index (χ3v) is 5.26. The fourth-order valence-electron chi connectivity index (χ4n) is 2.69. The van der Waals surface area contributed by atoms with Crippen molar-refractivity contribution in [1.29, 1.82) is 0 Å². The average molecular weight is 381 g/mol. The Hall–Kier alpha value is -1.86. The van der Waals surface area contributed by atoms with Crippen LogP contribution < -0.4 is 9.64 Å². The molecule has 0 aliphatic carbocycles. The van der Waals surface area contributed by atoms with E-state index in [0.717, 1.165) is 36.3 Å². The van der Waals surface area contributed by atoms with Gasteiger partial charge in [-0.15, -0.1) is 10.2 Å². The number of benzene rings is 1. The number of aromatic nitrogens is 2. The Morgan fingerprint density at radius 1 is 1.24 bits per heavy atom. The molecule has 2 heterocycles. The zero-order chi connectivity index (χ0) is 17.6. The first-order chi connectivity index (χ1) is 12.1. The molecule has 0 radical (unpaired) electrons. The van der Waals surface area contributed by atoms with Crippen molar-refractivity contribution in [1.82, 2.24) is 15.1 Å². The Labute approximate surface area is 156 Å². The van der Waals surface area contributed by atoms with Gasteiger partial charge in [-0.1, -0.05) is 35.1 Å². The van der Waals surface area contributed by atoms with Crippen LogP contribution in [0.15, 0.2) is 24.3 Å². The summed E-state index contributed by atoms with van der Waals surface area (Å²) in [7, 11) is 0. The highest BCUT2D eigenvalue weighted by atomic mass is 35.5. The standard InChI is InChI=1S/C17H21ClN4O2S/c1-13-19-20-17(25-13)22-10-8-21(9-11-22)16(23)7-4-12-24-15-6-3-2-5-14(15)18/h2-3,5-6H,4,7-12H2,1H3. The van der Waals surface area contributed by atoms with Crippen LogP contribution in [0.4, 0.5) is 5.13 Å². The molecule has 0 N–H and O–H groups in total.